The molecule has 0 saturated heterocycles. The third-order valence-corrected chi connectivity index (χ3v) is 4.71. The van der Waals surface area contributed by atoms with E-state index in [-0.39, 0.29) is 0 Å². The van der Waals surface area contributed by atoms with Crippen LogP contribution in [-0.4, -0.2) is 16.1 Å². The Labute approximate surface area is 112 Å². The molecule has 96 valence electrons. The van der Waals surface area contributed by atoms with Crippen molar-refractivity contribution >= 4 is 11.3 Å². The molecule has 18 heavy (non-hydrogen) atoms. The lowest BCUT2D eigenvalue weighted by Gasteiger charge is -2.23. The summed E-state index contributed by atoms with van der Waals surface area (Å²) in [6.07, 6.45) is 8.72. The van der Waals surface area contributed by atoms with Crippen molar-refractivity contribution in [2.75, 3.05) is 6.54 Å². The Hall–Kier alpha value is -1.13. The highest BCUT2D eigenvalue weighted by Crippen LogP contribution is 2.33. The van der Waals surface area contributed by atoms with Crippen LogP contribution in [-0.2, 0) is 19.9 Å². The van der Waals surface area contributed by atoms with Gasteiger partial charge >= 0.3 is 0 Å². The van der Waals surface area contributed by atoms with Gasteiger partial charge < -0.3 is 9.88 Å². The predicted molar refractivity (Wildman–Crippen MR) is 74.9 cm³/mol. The van der Waals surface area contributed by atoms with Gasteiger partial charge in [-0.05, 0) is 36.3 Å². The number of hydrogen-bond donors (Lipinski definition) is 1. The highest BCUT2D eigenvalue weighted by atomic mass is 32.1. The summed E-state index contributed by atoms with van der Waals surface area (Å²) < 4.78 is 2.10. The van der Waals surface area contributed by atoms with Crippen molar-refractivity contribution in [3.63, 3.8) is 0 Å². The molecule has 2 aromatic rings. The molecule has 0 bridgehead atoms. The van der Waals surface area contributed by atoms with Crippen molar-refractivity contribution in [2.24, 2.45) is 7.05 Å². The summed E-state index contributed by atoms with van der Waals surface area (Å²) >= 11 is 1.91. The fraction of sp³-hybridized carbons (Fsp3) is 0.500. The summed E-state index contributed by atoms with van der Waals surface area (Å²) in [6.45, 7) is 1.00. The van der Waals surface area contributed by atoms with Crippen molar-refractivity contribution in [3.8, 4) is 0 Å². The standard InChI is InChI=1S/C14H19N3S/c1-17-9-8-16-14(17)5-7-15-12-3-2-4-13-11(12)6-10-18-13/h6,8-10,12,15H,2-5,7H2,1H3. The molecule has 0 spiro atoms. The second-order valence-electron chi connectivity index (χ2n) is 4.90. The van der Waals surface area contributed by atoms with E-state index in [2.05, 4.69) is 33.4 Å². The van der Waals surface area contributed by atoms with Crippen LogP contribution in [0, 0.1) is 0 Å². The SMILES string of the molecule is Cn1ccnc1CCNC1CCCc2sccc21. The summed E-state index contributed by atoms with van der Waals surface area (Å²) in [4.78, 5) is 5.94. The molecule has 2 heterocycles. The average molecular weight is 261 g/mol. The minimum absolute atomic E-state index is 0.556. The van der Waals surface area contributed by atoms with E-state index in [1.807, 2.05) is 23.7 Å². The Kier molecular flexibility index (Phi) is 3.48. The molecular formula is C14H19N3S. The third kappa shape index (κ3) is 2.35. The lowest BCUT2D eigenvalue weighted by atomic mass is 9.94. The van der Waals surface area contributed by atoms with E-state index in [0.29, 0.717) is 6.04 Å². The number of nitrogens with one attached hydrogen (secondary N) is 1. The van der Waals surface area contributed by atoms with Crippen LogP contribution in [0.5, 0.6) is 0 Å². The molecule has 3 rings (SSSR count). The number of imidazole rings is 1. The number of rotatable bonds is 4. The van der Waals surface area contributed by atoms with Gasteiger partial charge in [-0.15, -0.1) is 11.3 Å². The maximum atomic E-state index is 4.36. The Bertz CT molecular complexity index is 515. The fourth-order valence-corrected chi connectivity index (χ4v) is 3.68. The largest absolute Gasteiger partial charge is 0.338 e. The fourth-order valence-electron chi connectivity index (χ4n) is 2.69. The van der Waals surface area contributed by atoms with Crippen LogP contribution in [0.15, 0.2) is 23.8 Å². The zero-order valence-corrected chi connectivity index (χ0v) is 11.5. The Morgan fingerprint density at radius 1 is 1.56 bits per heavy atom. The molecular weight excluding hydrogens is 242 g/mol. The molecule has 1 aliphatic carbocycles. The molecule has 2 aromatic heterocycles. The summed E-state index contributed by atoms with van der Waals surface area (Å²) in [5.41, 5.74) is 1.53. The molecule has 1 aliphatic rings. The second-order valence-corrected chi connectivity index (χ2v) is 5.90. The van der Waals surface area contributed by atoms with Crippen LogP contribution in [0.25, 0.3) is 0 Å². The first-order valence-corrected chi connectivity index (χ1v) is 7.48. The van der Waals surface area contributed by atoms with Crippen LogP contribution < -0.4 is 5.32 Å². The smallest absolute Gasteiger partial charge is 0.109 e. The summed E-state index contributed by atoms with van der Waals surface area (Å²) in [5.74, 6) is 1.16. The van der Waals surface area contributed by atoms with E-state index in [0.717, 1.165) is 18.8 Å². The lowest BCUT2D eigenvalue weighted by molar-refractivity contribution is 0.463. The summed E-state index contributed by atoms with van der Waals surface area (Å²) in [5, 5.41) is 5.91. The van der Waals surface area contributed by atoms with E-state index < -0.39 is 0 Å². The number of hydrogen-bond acceptors (Lipinski definition) is 3. The minimum Gasteiger partial charge on any atom is -0.338 e. The monoisotopic (exact) mass is 261 g/mol. The van der Waals surface area contributed by atoms with Gasteiger partial charge in [-0.3, -0.25) is 0 Å². The second kappa shape index (κ2) is 5.24. The predicted octanol–water partition coefficient (Wildman–Crippen LogP) is 2.69. The van der Waals surface area contributed by atoms with Crippen LogP contribution in [0.4, 0.5) is 0 Å². The number of fused-ring (bicyclic) bond motifs is 1. The van der Waals surface area contributed by atoms with E-state index in [1.165, 1.54) is 24.8 Å². The third-order valence-electron chi connectivity index (χ3n) is 3.71. The van der Waals surface area contributed by atoms with Crippen LogP contribution >= 0.6 is 11.3 Å². The zero-order chi connectivity index (χ0) is 12.4. The molecule has 1 atom stereocenters. The van der Waals surface area contributed by atoms with Crippen molar-refractivity contribution in [1.82, 2.24) is 14.9 Å². The van der Waals surface area contributed by atoms with Crippen molar-refractivity contribution in [2.45, 2.75) is 31.7 Å². The van der Waals surface area contributed by atoms with E-state index in [4.69, 9.17) is 0 Å². The van der Waals surface area contributed by atoms with E-state index >= 15 is 0 Å². The highest BCUT2D eigenvalue weighted by molar-refractivity contribution is 7.10. The van der Waals surface area contributed by atoms with E-state index in [9.17, 15) is 0 Å². The topological polar surface area (TPSA) is 29.9 Å². The molecule has 0 fully saturated rings. The summed E-state index contributed by atoms with van der Waals surface area (Å²) in [6, 6.07) is 2.85. The number of aryl methyl sites for hydroxylation is 2. The van der Waals surface area contributed by atoms with Crippen molar-refractivity contribution in [1.29, 1.82) is 0 Å². The van der Waals surface area contributed by atoms with Crippen LogP contribution in [0.2, 0.25) is 0 Å². The van der Waals surface area contributed by atoms with Crippen LogP contribution in [0.3, 0.4) is 0 Å². The lowest BCUT2D eigenvalue weighted by Crippen LogP contribution is -2.26. The van der Waals surface area contributed by atoms with Gasteiger partial charge in [0, 0.05) is 43.3 Å². The van der Waals surface area contributed by atoms with Gasteiger partial charge in [-0.25, -0.2) is 4.98 Å². The Morgan fingerprint density at radius 2 is 2.50 bits per heavy atom. The first kappa shape index (κ1) is 11.9. The molecule has 0 radical (unpaired) electrons. The van der Waals surface area contributed by atoms with Gasteiger partial charge in [0.05, 0.1) is 0 Å². The van der Waals surface area contributed by atoms with Crippen LogP contribution in [0.1, 0.15) is 35.1 Å². The highest BCUT2D eigenvalue weighted by Gasteiger charge is 2.20. The quantitative estimate of drug-likeness (QED) is 0.917. The van der Waals surface area contributed by atoms with Gasteiger partial charge in [-0.2, -0.15) is 0 Å². The Morgan fingerprint density at radius 3 is 3.33 bits per heavy atom. The normalized spacial score (nSPS) is 18.8. The molecule has 0 amide bonds. The van der Waals surface area contributed by atoms with Crippen molar-refractivity contribution < 1.29 is 0 Å². The maximum absolute atomic E-state index is 4.36. The van der Waals surface area contributed by atoms with Gasteiger partial charge in [-0.1, -0.05) is 0 Å². The Balaban J connectivity index is 1.57. The molecule has 0 saturated carbocycles. The number of aromatic nitrogens is 2. The minimum atomic E-state index is 0.556. The van der Waals surface area contributed by atoms with Gasteiger partial charge in [0.25, 0.3) is 0 Å². The number of nitrogens with zero attached hydrogens (tertiary/aromatic N) is 2. The van der Waals surface area contributed by atoms with Gasteiger partial charge in [0.1, 0.15) is 5.82 Å². The molecule has 1 unspecified atom stereocenters. The first-order chi connectivity index (χ1) is 8.84. The molecule has 4 heteroatoms. The maximum Gasteiger partial charge on any atom is 0.109 e. The van der Waals surface area contributed by atoms with Crippen molar-refractivity contribution in [3.05, 3.63) is 40.1 Å². The number of thiophene rings is 1. The summed E-state index contributed by atoms with van der Waals surface area (Å²) in [7, 11) is 2.06. The molecule has 3 nitrogen and oxygen atoms in total. The molecule has 0 aliphatic heterocycles. The van der Waals surface area contributed by atoms with Gasteiger partial charge in [0.2, 0.25) is 0 Å². The first-order valence-electron chi connectivity index (χ1n) is 6.60. The average Bonchev–Trinajstić information content (AvgIpc) is 2.99. The van der Waals surface area contributed by atoms with Gasteiger partial charge in [0.15, 0.2) is 0 Å². The van der Waals surface area contributed by atoms with E-state index in [1.54, 1.807) is 4.88 Å². The zero-order valence-electron chi connectivity index (χ0n) is 10.7. The molecule has 0 aromatic carbocycles. The molecule has 1 N–H and O–H groups in total.